The number of alkyl halides is 3. The van der Waals surface area contributed by atoms with Gasteiger partial charge in [-0.2, -0.15) is 13.2 Å². The second kappa shape index (κ2) is 15.6. The molecule has 0 spiro atoms. The molecule has 0 fully saturated rings. The minimum Gasteiger partial charge on any atom is -0.497 e. The largest absolute Gasteiger partial charge is 0.497 e. The van der Waals surface area contributed by atoms with Crippen molar-refractivity contribution >= 4 is 34.9 Å². The van der Waals surface area contributed by atoms with E-state index in [1.54, 1.807) is 30.3 Å². The van der Waals surface area contributed by atoms with Crippen LogP contribution in [-0.4, -0.2) is 51.5 Å². The number of carbonyl (C=O) groups excluding carboxylic acids is 1. The van der Waals surface area contributed by atoms with E-state index in [-0.39, 0.29) is 43.2 Å². The van der Waals surface area contributed by atoms with E-state index < -0.39 is 29.7 Å². The summed E-state index contributed by atoms with van der Waals surface area (Å²) < 4.78 is 63.2. The van der Waals surface area contributed by atoms with Gasteiger partial charge in [0.1, 0.15) is 29.0 Å². The van der Waals surface area contributed by atoms with Gasteiger partial charge in [0.2, 0.25) is 0 Å². The van der Waals surface area contributed by atoms with E-state index in [4.69, 9.17) is 35.7 Å². The molecule has 13 heteroatoms. The van der Waals surface area contributed by atoms with Crippen molar-refractivity contribution in [2.75, 3.05) is 44.7 Å². The molecule has 4 rings (SSSR count). The number of benzene rings is 3. The number of carboxylic acid groups (broad SMARTS) is 1. The Labute approximate surface area is 264 Å². The van der Waals surface area contributed by atoms with Crippen molar-refractivity contribution in [3.8, 4) is 23.0 Å². The molecule has 3 aromatic rings. The van der Waals surface area contributed by atoms with Crippen LogP contribution in [0.1, 0.15) is 49.4 Å². The summed E-state index contributed by atoms with van der Waals surface area (Å²) in [6.07, 6.45) is -4.16. The maximum atomic E-state index is 14.2. The van der Waals surface area contributed by atoms with Crippen molar-refractivity contribution in [2.45, 2.75) is 45.3 Å². The van der Waals surface area contributed by atoms with Gasteiger partial charge in [0.15, 0.2) is 0 Å². The zero-order chi connectivity index (χ0) is 33.3. The number of amides is 1. The molecule has 1 amide bonds. The Balaban J connectivity index is 0.00000271. The van der Waals surface area contributed by atoms with Gasteiger partial charge >= 0.3 is 12.1 Å². The topological polar surface area (TPSA) is 107 Å². The number of nitrogens with one attached hydrogen (secondary N) is 1. The number of hydrogen-bond acceptors (Lipinski definition) is 7. The third kappa shape index (κ3) is 8.65. The standard InChI is InChI=1S/C30H30ClF3N2O7.C2H6/c1-40-20-13-19(14-21(15-20)43-10-4-5-27(37)38)35-28(22-7-6-18(31)12-25(22)41-2)29(39)36-9-8-17-11-26(42-3)23(16-24(17)36)30(32,33)34;1-2/h6-7,11-16,28,35H,4-5,8-10H2,1-3H3,(H,37,38);1-2H3. The molecule has 244 valence electrons. The number of ether oxygens (including phenoxy) is 4. The van der Waals surface area contributed by atoms with Gasteiger partial charge in [0, 0.05) is 53.1 Å². The molecular formula is C32H36ClF3N2O7. The Morgan fingerprint density at radius 1 is 0.978 bits per heavy atom. The van der Waals surface area contributed by atoms with Crippen LogP contribution in [0.25, 0.3) is 0 Å². The molecule has 2 N–H and O–H groups in total. The van der Waals surface area contributed by atoms with E-state index in [1.165, 1.54) is 38.4 Å². The first-order chi connectivity index (χ1) is 21.4. The summed E-state index contributed by atoms with van der Waals surface area (Å²) in [6.45, 7) is 4.27. The minimum absolute atomic E-state index is 0.0682. The Hall–Kier alpha value is -4.32. The zero-order valence-corrected chi connectivity index (χ0v) is 26.3. The lowest BCUT2D eigenvalue weighted by Crippen LogP contribution is -2.37. The highest BCUT2D eigenvalue weighted by atomic mass is 35.5. The predicted octanol–water partition coefficient (Wildman–Crippen LogP) is 7.40. The molecule has 1 atom stereocenters. The number of carbonyl (C=O) groups is 2. The van der Waals surface area contributed by atoms with Crippen LogP contribution in [0, 0.1) is 0 Å². The number of halogens is 4. The summed E-state index contributed by atoms with van der Waals surface area (Å²) >= 11 is 6.18. The normalized spacial score (nSPS) is 12.8. The van der Waals surface area contributed by atoms with E-state index in [0.29, 0.717) is 39.8 Å². The van der Waals surface area contributed by atoms with Crippen LogP contribution in [0.15, 0.2) is 48.5 Å². The molecule has 0 saturated heterocycles. The fourth-order valence-corrected chi connectivity index (χ4v) is 4.98. The number of fused-ring (bicyclic) bond motifs is 1. The zero-order valence-electron chi connectivity index (χ0n) is 25.6. The first-order valence-corrected chi connectivity index (χ1v) is 14.6. The Morgan fingerprint density at radius 2 is 1.67 bits per heavy atom. The number of rotatable bonds is 12. The van der Waals surface area contributed by atoms with Gasteiger partial charge in [0.25, 0.3) is 5.91 Å². The van der Waals surface area contributed by atoms with E-state index >= 15 is 0 Å². The number of aliphatic carboxylic acids is 1. The highest BCUT2D eigenvalue weighted by Crippen LogP contribution is 2.43. The maximum Gasteiger partial charge on any atom is 0.420 e. The van der Waals surface area contributed by atoms with Crippen LogP contribution < -0.4 is 29.2 Å². The van der Waals surface area contributed by atoms with Gasteiger partial charge in [-0.05, 0) is 42.7 Å². The first-order valence-electron chi connectivity index (χ1n) is 14.2. The summed E-state index contributed by atoms with van der Waals surface area (Å²) in [5.41, 5.74) is 0.471. The summed E-state index contributed by atoms with van der Waals surface area (Å²) in [5, 5.41) is 12.4. The van der Waals surface area contributed by atoms with Crippen molar-refractivity contribution < 1.29 is 46.8 Å². The predicted molar refractivity (Wildman–Crippen MR) is 165 cm³/mol. The lowest BCUT2D eigenvalue weighted by atomic mass is 10.0. The SMILES string of the molecule is CC.COc1cc(NC(C(=O)N2CCc3cc(OC)c(C(F)(F)F)cc32)c2ccc(Cl)cc2OC)cc(OCCCC(=O)O)c1. The van der Waals surface area contributed by atoms with Crippen molar-refractivity contribution in [3.05, 3.63) is 70.2 Å². The number of nitrogens with zero attached hydrogens (tertiary/aromatic N) is 1. The van der Waals surface area contributed by atoms with Gasteiger partial charge in [-0.3, -0.25) is 9.59 Å². The highest BCUT2D eigenvalue weighted by Gasteiger charge is 2.39. The Morgan fingerprint density at radius 3 is 2.29 bits per heavy atom. The molecule has 0 bridgehead atoms. The molecular weight excluding hydrogens is 617 g/mol. The van der Waals surface area contributed by atoms with E-state index in [1.807, 2.05) is 13.8 Å². The van der Waals surface area contributed by atoms with Gasteiger partial charge < -0.3 is 34.3 Å². The Kier molecular flexibility index (Phi) is 12.2. The Bertz CT molecular complexity index is 1500. The first kappa shape index (κ1) is 35.2. The summed E-state index contributed by atoms with van der Waals surface area (Å²) in [5.74, 6) is -0.766. The van der Waals surface area contributed by atoms with Gasteiger partial charge in [-0.1, -0.05) is 31.5 Å². The lowest BCUT2D eigenvalue weighted by molar-refractivity contribution is -0.139. The molecule has 0 radical (unpaired) electrons. The summed E-state index contributed by atoms with van der Waals surface area (Å²) in [4.78, 5) is 26.4. The molecule has 9 nitrogen and oxygen atoms in total. The lowest BCUT2D eigenvalue weighted by Gasteiger charge is -2.28. The molecule has 1 aliphatic rings. The molecule has 1 unspecified atom stereocenters. The highest BCUT2D eigenvalue weighted by molar-refractivity contribution is 6.30. The molecule has 1 heterocycles. The fourth-order valence-electron chi connectivity index (χ4n) is 4.82. The molecule has 0 aromatic heterocycles. The second-order valence-corrected chi connectivity index (χ2v) is 10.1. The fraction of sp³-hybridized carbons (Fsp3) is 0.375. The van der Waals surface area contributed by atoms with E-state index in [0.717, 1.165) is 6.07 Å². The second-order valence-electron chi connectivity index (χ2n) is 9.63. The van der Waals surface area contributed by atoms with Crippen LogP contribution >= 0.6 is 11.6 Å². The van der Waals surface area contributed by atoms with Crippen molar-refractivity contribution in [1.29, 1.82) is 0 Å². The monoisotopic (exact) mass is 652 g/mol. The molecule has 3 aromatic carbocycles. The summed E-state index contributed by atoms with van der Waals surface area (Å²) in [7, 11) is 4.03. The van der Waals surface area contributed by atoms with Gasteiger partial charge in [0.05, 0.1) is 33.5 Å². The molecule has 0 aliphatic carbocycles. The molecule has 0 saturated carbocycles. The average molecular weight is 653 g/mol. The number of carboxylic acids is 1. The van der Waals surface area contributed by atoms with E-state index in [2.05, 4.69) is 5.32 Å². The molecule has 45 heavy (non-hydrogen) atoms. The van der Waals surface area contributed by atoms with Crippen LogP contribution in [0.4, 0.5) is 24.5 Å². The number of methoxy groups -OCH3 is 3. The van der Waals surface area contributed by atoms with Gasteiger partial charge in [-0.25, -0.2) is 0 Å². The smallest absolute Gasteiger partial charge is 0.420 e. The number of hydrogen-bond donors (Lipinski definition) is 2. The van der Waals surface area contributed by atoms with Crippen LogP contribution in [0.2, 0.25) is 5.02 Å². The van der Waals surface area contributed by atoms with Crippen LogP contribution in [-0.2, 0) is 22.2 Å². The van der Waals surface area contributed by atoms with Crippen LogP contribution in [0.5, 0.6) is 23.0 Å². The third-order valence-electron chi connectivity index (χ3n) is 6.85. The maximum absolute atomic E-state index is 14.2. The quantitative estimate of drug-likeness (QED) is 0.195. The summed E-state index contributed by atoms with van der Waals surface area (Å²) in [6, 6.07) is 10.7. The van der Waals surface area contributed by atoms with Gasteiger partial charge in [-0.15, -0.1) is 0 Å². The third-order valence-corrected chi connectivity index (χ3v) is 7.09. The van der Waals surface area contributed by atoms with Crippen molar-refractivity contribution in [3.63, 3.8) is 0 Å². The minimum atomic E-state index is -4.70. The van der Waals surface area contributed by atoms with E-state index in [9.17, 15) is 22.8 Å². The van der Waals surface area contributed by atoms with Crippen molar-refractivity contribution in [2.24, 2.45) is 0 Å². The van der Waals surface area contributed by atoms with Crippen LogP contribution in [0.3, 0.4) is 0 Å². The number of anilines is 2. The molecule has 1 aliphatic heterocycles. The average Bonchev–Trinajstić information content (AvgIpc) is 3.44. The van der Waals surface area contributed by atoms with Crippen molar-refractivity contribution in [1.82, 2.24) is 0 Å².